The number of halogens is 3. The van der Waals surface area contributed by atoms with Crippen LogP contribution in [0.5, 0.6) is 0 Å². The van der Waals surface area contributed by atoms with Crippen molar-refractivity contribution in [3.8, 4) is 11.1 Å². The molecule has 29 heavy (non-hydrogen) atoms. The number of aryl methyl sites for hydroxylation is 1. The minimum Gasteiger partial charge on any atom is -0.352 e. The first-order valence-electron chi connectivity index (χ1n) is 8.56. The van der Waals surface area contributed by atoms with Crippen LogP contribution in [0, 0.1) is 6.92 Å². The first-order valence-corrected chi connectivity index (χ1v) is 8.56. The van der Waals surface area contributed by atoms with E-state index in [9.17, 15) is 18.0 Å². The van der Waals surface area contributed by atoms with Gasteiger partial charge in [0.05, 0.1) is 12.7 Å². The second-order valence-electron chi connectivity index (χ2n) is 6.26. The van der Waals surface area contributed by atoms with Crippen molar-refractivity contribution in [3.05, 3.63) is 54.1 Å². The van der Waals surface area contributed by atoms with Crippen molar-refractivity contribution < 1.29 is 18.0 Å². The number of primary amides is 1. The molecule has 0 aliphatic heterocycles. The third kappa shape index (κ3) is 5.43. The van der Waals surface area contributed by atoms with Gasteiger partial charge in [0.2, 0.25) is 5.95 Å². The Morgan fingerprint density at radius 1 is 1.24 bits per heavy atom. The van der Waals surface area contributed by atoms with Crippen LogP contribution in [-0.4, -0.2) is 32.3 Å². The molecule has 152 valence electrons. The monoisotopic (exact) mass is 405 g/mol. The number of nitrogens with two attached hydrogens (primary N) is 1. The van der Waals surface area contributed by atoms with Gasteiger partial charge in [0.25, 0.3) is 0 Å². The van der Waals surface area contributed by atoms with Gasteiger partial charge < -0.3 is 16.4 Å². The van der Waals surface area contributed by atoms with Crippen LogP contribution in [0.1, 0.15) is 11.3 Å². The quantitative estimate of drug-likeness (QED) is 0.584. The van der Waals surface area contributed by atoms with Crippen LogP contribution < -0.4 is 16.4 Å². The highest BCUT2D eigenvalue weighted by molar-refractivity contribution is 5.71. The maximum absolute atomic E-state index is 12.8. The van der Waals surface area contributed by atoms with Crippen molar-refractivity contribution in [3.63, 3.8) is 0 Å². The van der Waals surface area contributed by atoms with Crippen LogP contribution in [0.25, 0.3) is 11.1 Å². The van der Waals surface area contributed by atoms with Crippen molar-refractivity contribution in [2.24, 2.45) is 5.73 Å². The van der Waals surface area contributed by atoms with Crippen LogP contribution >= 0.6 is 0 Å². The van der Waals surface area contributed by atoms with Crippen LogP contribution in [0.3, 0.4) is 0 Å². The smallest absolute Gasteiger partial charge is 0.352 e. The summed E-state index contributed by atoms with van der Waals surface area (Å²) in [7, 11) is 0. The Balaban J connectivity index is 1.79. The number of alkyl halides is 3. The van der Waals surface area contributed by atoms with Crippen molar-refractivity contribution in [1.29, 1.82) is 0 Å². The van der Waals surface area contributed by atoms with E-state index >= 15 is 0 Å². The molecule has 0 saturated heterocycles. The Hall–Kier alpha value is -3.63. The number of benzene rings is 1. The molecule has 4 N–H and O–H groups in total. The molecule has 1 aromatic carbocycles. The number of aromatic nitrogens is 4. The molecule has 0 aliphatic carbocycles. The lowest BCUT2D eigenvalue weighted by atomic mass is 10.1. The highest BCUT2D eigenvalue weighted by Gasteiger charge is 2.32. The highest BCUT2D eigenvalue weighted by Crippen LogP contribution is 2.29. The van der Waals surface area contributed by atoms with E-state index in [1.807, 2.05) is 13.0 Å². The molecule has 2 heterocycles. The highest BCUT2D eigenvalue weighted by atomic mass is 19.4. The Labute approximate surface area is 164 Å². The fourth-order valence-electron chi connectivity index (χ4n) is 2.66. The second kappa shape index (κ2) is 8.17. The van der Waals surface area contributed by atoms with E-state index < -0.39 is 17.9 Å². The number of nitrogens with zero attached hydrogens (tertiary/aromatic N) is 4. The van der Waals surface area contributed by atoms with Crippen LogP contribution in [0.4, 0.5) is 29.6 Å². The van der Waals surface area contributed by atoms with Crippen molar-refractivity contribution in [2.75, 3.05) is 11.9 Å². The van der Waals surface area contributed by atoms with E-state index in [1.165, 1.54) is 0 Å². The molecule has 0 aliphatic rings. The minimum absolute atomic E-state index is 0.149. The average Bonchev–Trinajstić information content (AvgIpc) is 3.09. The van der Waals surface area contributed by atoms with Crippen LogP contribution in [0.15, 0.2) is 42.9 Å². The van der Waals surface area contributed by atoms with E-state index in [1.54, 1.807) is 29.2 Å². The summed E-state index contributed by atoms with van der Waals surface area (Å²) in [4.78, 5) is 18.1. The SMILES string of the molecule is Cc1cc(Nc2nccc(C(F)(F)F)n2)cc(-c2cnn(CCNC(N)=O)c2)c1. The number of hydrogen-bond acceptors (Lipinski definition) is 5. The first kappa shape index (κ1) is 20.1. The number of anilines is 2. The van der Waals surface area contributed by atoms with Gasteiger partial charge in [-0.1, -0.05) is 6.07 Å². The van der Waals surface area contributed by atoms with Gasteiger partial charge >= 0.3 is 12.2 Å². The van der Waals surface area contributed by atoms with Gasteiger partial charge in [0.15, 0.2) is 0 Å². The molecular weight excluding hydrogens is 387 g/mol. The summed E-state index contributed by atoms with van der Waals surface area (Å²) in [6.45, 7) is 2.64. The van der Waals surface area contributed by atoms with E-state index in [0.29, 0.717) is 18.8 Å². The lowest BCUT2D eigenvalue weighted by Crippen LogP contribution is -2.32. The van der Waals surface area contributed by atoms with Crippen molar-refractivity contribution in [1.82, 2.24) is 25.1 Å². The maximum atomic E-state index is 12.8. The molecule has 0 unspecified atom stereocenters. The fraction of sp³-hybridized carbons (Fsp3) is 0.222. The average molecular weight is 405 g/mol. The number of amides is 2. The summed E-state index contributed by atoms with van der Waals surface area (Å²) in [6, 6.07) is 5.66. The van der Waals surface area contributed by atoms with Gasteiger partial charge in [-0.2, -0.15) is 18.3 Å². The zero-order valence-electron chi connectivity index (χ0n) is 15.4. The lowest BCUT2D eigenvalue weighted by Gasteiger charge is -2.10. The number of hydrogen-bond donors (Lipinski definition) is 3. The van der Waals surface area contributed by atoms with E-state index in [2.05, 4.69) is 25.7 Å². The van der Waals surface area contributed by atoms with Crippen molar-refractivity contribution in [2.45, 2.75) is 19.6 Å². The molecule has 0 fully saturated rings. The van der Waals surface area contributed by atoms with Crippen LogP contribution in [0.2, 0.25) is 0 Å². The number of rotatable bonds is 6. The Kier molecular flexibility index (Phi) is 5.66. The van der Waals surface area contributed by atoms with Crippen molar-refractivity contribution >= 4 is 17.7 Å². The Morgan fingerprint density at radius 3 is 2.76 bits per heavy atom. The number of urea groups is 1. The van der Waals surface area contributed by atoms with E-state index in [4.69, 9.17) is 5.73 Å². The summed E-state index contributed by atoms with van der Waals surface area (Å²) in [5.41, 5.74) is 7.06. The standard InChI is InChI=1S/C18H18F3N7O/c1-11-6-12(13-9-25-28(10-13)5-4-23-16(22)29)8-14(7-11)26-17-24-3-2-15(27-17)18(19,20)21/h2-3,6-10H,4-5H2,1H3,(H3,22,23,29)(H,24,26,27). The topological polar surface area (TPSA) is 111 Å². The predicted molar refractivity (Wildman–Crippen MR) is 100 cm³/mol. The lowest BCUT2D eigenvalue weighted by molar-refractivity contribution is -0.141. The van der Waals surface area contributed by atoms with Gasteiger partial charge in [-0.3, -0.25) is 4.68 Å². The minimum atomic E-state index is -4.55. The zero-order valence-corrected chi connectivity index (χ0v) is 15.4. The van der Waals surface area contributed by atoms with E-state index in [-0.39, 0.29) is 5.95 Å². The third-order valence-electron chi connectivity index (χ3n) is 3.89. The Bertz CT molecular complexity index is 1020. The summed E-state index contributed by atoms with van der Waals surface area (Å²) in [5, 5.41) is 9.51. The molecule has 0 saturated carbocycles. The van der Waals surface area contributed by atoms with Gasteiger partial charge in [-0.25, -0.2) is 14.8 Å². The number of carbonyl (C=O) groups is 1. The second-order valence-corrected chi connectivity index (χ2v) is 6.26. The predicted octanol–water partition coefficient (Wildman–Crippen LogP) is 3.08. The summed E-state index contributed by atoms with van der Waals surface area (Å²) in [5.74, 6) is -0.149. The molecule has 2 aromatic heterocycles. The molecule has 0 spiro atoms. The number of carbonyl (C=O) groups excluding carboxylic acids is 1. The molecule has 0 bridgehead atoms. The molecule has 0 atom stereocenters. The van der Waals surface area contributed by atoms with Gasteiger partial charge in [-0.05, 0) is 36.2 Å². The Morgan fingerprint density at radius 2 is 2.03 bits per heavy atom. The maximum Gasteiger partial charge on any atom is 0.433 e. The molecule has 8 nitrogen and oxygen atoms in total. The molecule has 11 heteroatoms. The number of nitrogens with one attached hydrogen (secondary N) is 2. The molecule has 3 rings (SSSR count). The summed E-state index contributed by atoms with van der Waals surface area (Å²) >= 11 is 0. The third-order valence-corrected chi connectivity index (χ3v) is 3.89. The van der Waals surface area contributed by atoms with Crippen LogP contribution in [-0.2, 0) is 12.7 Å². The molecule has 2 amide bonds. The summed E-state index contributed by atoms with van der Waals surface area (Å²) in [6.07, 6.45) is -0.0420. The zero-order chi connectivity index (χ0) is 21.0. The molecular formula is C18H18F3N7O. The van der Waals surface area contributed by atoms with Gasteiger partial charge in [0.1, 0.15) is 5.69 Å². The molecule has 0 radical (unpaired) electrons. The van der Waals surface area contributed by atoms with E-state index in [0.717, 1.165) is 29.0 Å². The largest absolute Gasteiger partial charge is 0.433 e. The first-order chi connectivity index (χ1) is 13.7. The normalized spacial score (nSPS) is 11.3. The van der Waals surface area contributed by atoms with Gasteiger partial charge in [-0.15, -0.1) is 0 Å². The summed E-state index contributed by atoms with van der Waals surface area (Å²) < 4.78 is 40.2. The fourth-order valence-corrected chi connectivity index (χ4v) is 2.66. The van der Waals surface area contributed by atoms with Gasteiger partial charge in [0, 0.05) is 30.2 Å². The molecule has 3 aromatic rings.